The molecule has 0 N–H and O–H groups in total. The first-order valence-corrected chi connectivity index (χ1v) is 6.51. The molecule has 20 heavy (non-hydrogen) atoms. The molecular formula is C11H9F2N3O3S. The van der Waals surface area contributed by atoms with Crippen LogP contribution in [0.15, 0.2) is 18.6 Å². The Balaban J connectivity index is 1.89. The number of thiazole rings is 1. The quantitative estimate of drug-likeness (QED) is 0.863. The van der Waals surface area contributed by atoms with Crippen LogP contribution in [0.4, 0.5) is 8.78 Å². The Hall–Kier alpha value is -1.71. The molecule has 0 spiro atoms. The first-order chi connectivity index (χ1) is 9.74. The predicted octanol–water partition coefficient (Wildman–Crippen LogP) is 2.25. The zero-order chi connectivity index (χ0) is 13.9. The number of halogens is 2. The Morgan fingerprint density at radius 3 is 2.70 bits per heavy atom. The molecule has 0 aromatic carbocycles. The molecular weight excluding hydrogens is 292 g/mol. The summed E-state index contributed by atoms with van der Waals surface area (Å²) < 4.78 is 39.6. The first kappa shape index (κ1) is 13.3. The van der Waals surface area contributed by atoms with Gasteiger partial charge in [0.05, 0.1) is 18.1 Å². The van der Waals surface area contributed by atoms with Crippen molar-refractivity contribution in [3.05, 3.63) is 23.6 Å². The molecule has 0 unspecified atom stereocenters. The van der Waals surface area contributed by atoms with Crippen molar-refractivity contribution in [2.24, 2.45) is 0 Å². The maximum atomic E-state index is 12.3. The second-order valence-corrected chi connectivity index (χ2v) is 4.79. The Bertz CT molecular complexity index is 590. The summed E-state index contributed by atoms with van der Waals surface area (Å²) in [7, 11) is 0. The average molecular weight is 301 g/mol. The van der Waals surface area contributed by atoms with Crippen LogP contribution < -0.4 is 4.74 Å². The van der Waals surface area contributed by atoms with Crippen LogP contribution in [0.1, 0.15) is 11.3 Å². The molecule has 3 rings (SSSR count). The molecule has 6 nitrogen and oxygen atoms in total. The lowest BCUT2D eigenvalue weighted by Crippen LogP contribution is -2.05. The Labute approximate surface area is 116 Å². The van der Waals surface area contributed by atoms with Crippen molar-refractivity contribution in [3.63, 3.8) is 0 Å². The molecule has 9 heteroatoms. The van der Waals surface area contributed by atoms with E-state index in [9.17, 15) is 8.78 Å². The number of nitrogens with zero attached hydrogens (tertiary/aromatic N) is 3. The van der Waals surface area contributed by atoms with Crippen molar-refractivity contribution < 1.29 is 23.0 Å². The molecule has 1 aliphatic heterocycles. The highest BCUT2D eigenvalue weighted by atomic mass is 32.1. The minimum Gasteiger partial charge on any atom is -0.415 e. The Morgan fingerprint density at radius 1 is 1.20 bits per heavy atom. The smallest absolute Gasteiger partial charge is 0.388 e. The van der Waals surface area contributed by atoms with Crippen LogP contribution in [-0.4, -0.2) is 34.8 Å². The number of hydrogen-bond donors (Lipinski definition) is 0. The molecule has 0 radical (unpaired) electrons. The Morgan fingerprint density at radius 2 is 1.95 bits per heavy atom. The van der Waals surface area contributed by atoms with Gasteiger partial charge in [0, 0.05) is 18.6 Å². The van der Waals surface area contributed by atoms with E-state index >= 15 is 0 Å². The van der Waals surface area contributed by atoms with Crippen molar-refractivity contribution >= 4 is 11.3 Å². The monoisotopic (exact) mass is 301 g/mol. The van der Waals surface area contributed by atoms with E-state index in [1.54, 1.807) is 0 Å². The van der Waals surface area contributed by atoms with Crippen molar-refractivity contribution in [1.29, 1.82) is 0 Å². The van der Waals surface area contributed by atoms with E-state index < -0.39 is 12.9 Å². The Kier molecular flexibility index (Phi) is 3.81. The highest BCUT2D eigenvalue weighted by molar-refractivity contribution is 7.15. The van der Waals surface area contributed by atoms with Gasteiger partial charge in [-0.2, -0.15) is 8.78 Å². The third-order valence-corrected chi connectivity index (χ3v) is 3.47. The topological polar surface area (TPSA) is 66.4 Å². The van der Waals surface area contributed by atoms with Crippen LogP contribution >= 0.6 is 11.3 Å². The molecule has 1 aliphatic rings. The summed E-state index contributed by atoms with van der Waals surface area (Å²) in [5.41, 5.74) is 0.217. The summed E-state index contributed by atoms with van der Waals surface area (Å²) in [5, 5.41) is 0.603. The predicted molar refractivity (Wildman–Crippen MR) is 64.4 cm³/mol. The van der Waals surface area contributed by atoms with E-state index in [0.717, 1.165) is 0 Å². The van der Waals surface area contributed by atoms with Crippen LogP contribution in [0, 0.1) is 0 Å². The van der Waals surface area contributed by atoms with Gasteiger partial charge in [-0.3, -0.25) is 0 Å². The fraction of sp³-hybridized carbons (Fsp3) is 0.364. The van der Waals surface area contributed by atoms with Gasteiger partial charge >= 0.3 is 6.61 Å². The van der Waals surface area contributed by atoms with Gasteiger partial charge in [0.1, 0.15) is 10.7 Å². The van der Waals surface area contributed by atoms with E-state index in [1.807, 2.05) is 0 Å². The summed E-state index contributed by atoms with van der Waals surface area (Å²) in [6, 6.07) is 0. The zero-order valence-electron chi connectivity index (χ0n) is 10.0. The number of rotatable bonds is 4. The van der Waals surface area contributed by atoms with Gasteiger partial charge in [-0.15, -0.1) is 11.3 Å². The lowest BCUT2D eigenvalue weighted by molar-refractivity contribution is -0.0526. The third-order valence-electron chi connectivity index (χ3n) is 2.45. The van der Waals surface area contributed by atoms with E-state index in [1.165, 1.54) is 29.9 Å². The molecule has 2 aromatic heterocycles. The average Bonchev–Trinajstić information content (AvgIpc) is 3.10. The van der Waals surface area contributed by atoms with Crippen LogP contribution in [-0.2, 0) is 9.47 Å². The first-order valence-electron chi connectivity index (χ1n) is 5.69. The molecule has 106 valence electrons. The highest BCUT2D eigenvalue weighted by Crippen LogP contribution is 2.35. The summed E-state index contributed by atoms with van der Waals surface area (Å²) >= 11 is 1.24. The zero-order valence-corrected chi connectivity index (χ0v) is 10.8. The van der Waals surface area contributed by atoms with E-state index in [-0.39, 0.29) is 11.6 Å². The second kappa shape index (κ2) is 5.73. The summed E-state index contributed by atoms with van der Waals surface area (Å²) in [6.07, 6.45) is 3.68. The second-order valence-electron chi connectivity index (χ2n) is 3.72. The van der Waals surface area contributed by atoms with Gasteiger partial charge in [0.2, 0.25) is 12.2 Å². The molecule has 2 aromatic rings. The lowest BCUT2D eigenvalue weighted by Gasteiger charge is -2.06. The molecule has 0 bridgehead atoms. The number of hydrogen-bond acceptors (Lipinski definition) is 7. The van der Waals surface area contributed by atoms with E-state index in [0.29, 0.717) is 23.1 Å². The molecule has 0 amide bonds. The van der Waals surface area contributed by atoms with Crippen molar-refractivity contribution in [2.45, 2.75) is 12.9 Å². The highest BCUT2D eigenvalue weighted by Gasteiger charge is 2.23. The van der Waals surface area contributed by atoms with Crippen molar-refractivity contribution in [1.82, 2.24) is 15.0 Å². The van der Waals surface area contributed by atoms with Crippen LogP contribution in [0.25, 0.3) is 10.6 Å². The van der Waals surface area contributed by atoms with Gasteiger partial charge in [0.15, 0.2) is 0 Å². The fourth-order valence-corrected chi connectivity index (χ4v) is 2.58. The molecule has 0 aliphatic carbocycles. The third kappa shape index (κ3) is 2.74. The van der Waals surface area contributed by atoms with Crippen LogP contribution in [0.2, 0.25) is 0 Å². The maximum absolute atomic E-state index is 12.3. The van der Waals surface area contributed by atoms with Crippen molar-refractivity contribution in [2.75, 3.05) is 13.2 Å². The maximum Gasteiger partial charge on any atom is 0.388 e. The minimum atomic E-state index is -2.96. The minimum absolute atomic E-state index is 0.217. The molecule has 0 saturated carbocycles. The van der Waals surface area contributed by atoms with Crippen LogP contribution in [0.5, 0.6) is 5.88 Å². The molecule has 1 fully saturated rings. The van der Waals surface area contributed by atoms with E-state index in [4.69, 9.17) is 9.47 Å². The lowest BCUT2D eigenvalue weighted by atomic mass is 10.4. The normalized spacial score (nSPS) is 15.9. The molecule has 3 heterocycles. The van der Waals surface area contributed by atoms with Crippen LogP contribution in [0.3, 0.4) is 0 Å². The standard InChI is InChI=1S/C11H9F2N3O3S/c12-11(13)19-8-7(14-1-2-15-8)6-5-16-9(20-6)10-17-3-4-18-10/h1-2,5,10-11H,3-4H2. The van der Waals surface area contributed by atoms with Gasteiger partial charge in [-0.25, -0.2) is 15.0 Å². The number of alkyl halides is 2. The van der Waals surface area contributed by atoms with Gasteiger partial charge in [-0.1, -0.05) is 0 Å². The van der Waals surface area contributed by atoms with Gasteiger partial charge in [0.25, 0.3) is 0 Å². The fourth-order valence-electron chi connectivity index (χ4n) is 1.67. The summed E-state index contributed by atoms with van der Waals surface area (Å²) in [5.74, 6) is -0.231. The van der Waals surface area contributed by atoms with Gasteiger partial charge in [-0.05, 0) is 0 Å². The molecule has 0 atom stereocenters. The molecule has 1 saturated heterocycles. The number of aromatic nitrogens is 3. The summed E-state index contributed by atoms with van der Waals surface area (Å²) in [6.45, 7) is -1.95. The number of ether oxygens (including phenoxy) is 3. The summed E-state index contributed by atoms with van der Waals surface area (Å²) in [4.78, 5) is 12.5. The van der Waals surface area contributed by atoms with Gasteiger partial charge < -0.3 is 14.2 Å². The van der Waals surface area contributed by atoms with Crippen molar-refractivity contribution in [3.8, 4) is 16.5 Å². The largest absolute Gasteiger partial charge is 0.415 e. The SMILES string of the molecule is FC(F)Oc1nccnc1-c1cnc(C2OCCO2)s1. The van der Waals surface area contributed by atoms with E-state index in [2.05, 4.69) is 19.7 Å².